The van der Waals surface area contributed by atoms with Crippen LogP contribution in [0.3, 0.4) is 0 Å². The monoisotopic (exact) mass is 388 g/mol. The number of amides is 1. The average molecular weight is 388 g/mol. The zero-order valence-electron chi connectivity index (χ0n) is 14.5. The number of carbonyl (C=O) groups excluding carboxylic acids is 1. The van der Waals surface area contributed by atoms with Crippen molar-refractivity contribution in [1.29, 1.82) is 0 Å². The molecule has 0 fully saturated rings. The van der Waals surface area contributed by atoms with Crippen LogP contribution < -0.4 is 10.0 Å². The number of oxazole rings is 1. The fourth-order valence-electron chi connectivity index (χ4n) is 1.84. The van der Waals surface area contributed by atoms with Crippen LogP contribution in [-0.2, 0) is 16.1 Å². The minimum Gasteiger partial charge on any atom is -0.431 e. The van der Waals surface area contributed by atoms with Gasteiger partial charge in [0.05, 0.1) is 0 Å². The molecule has 0 bridgehead atoms. The highest BCUT2D eigenvalue weighted by molar-refractivity contribution is 7.87. The summed E-state index contributed by atoms with van der Waals surface area (Å²) in [5.41, 5.74) is 0.482. The van der Waals surface area contributed by atoms with E-state index < -0.39 is 22.0 Å². The molecule has 0 saturated heterocycles. The van der Waals surface area contributed by atoms with E-state index in [2.05, 4.69) is 10.3 Å². The maximum atomic E-state index is 13.5. The summed E-state index contributed by atoms with van der Waals surface area (Å²) < 4.78 is 57.9. The first-order valence-electron chi connectivity index (χ1n) is 7.36. The lowest BCUT2D eigenvalue weighted by Gasteiger charge is -2.14. The van der Waals surface area contributed by atoms with Crippen molar-refractivity contribution in [1.82, 2.24) is 14.0 Å². The minimum absolute atomic E-state index is 0.142. The molecule has 1 amide bonds. The Kier molecular flexibility index (Phi) is 5.33. The summed E-state index contributed by atoms with van der Waals surface area (Å²) >= 11 is 0. The zero-order chi connectivity index (χ0) is 19.7. The van der Waals surface area contributed by atoms with Gasteiger partial charge in [0.25, 0.3) is 17.8 Å². The molecule has 0 aliphatic carbocycles. The molecule has 0 unspecified atom stereocenters. The molecule has 0 radical (unpaired) electrons. The van der Waals surface area contributed by atoms with E-state index in [1.807, 2.05) is 0 Å². The third kappa shape index (κ3) is 4.55. The van der Waals surface area contributed by atoms with Crippen molar-refractivity contribution < 1.29 is 26.4 Å². The number of nitrogens with one attached hydrogen (secondary N) is 2. The summed E-state index contributed by atoms with van der Waals surface area (Å²) in [5, 5.41) is 2.69. The largest absolute Gasteiger partial charge is 0.431 e. The van der Waals surface area contributed by atoms with Crippen LogP contribution in [-0.4, -0.2) is 37.7 Å². The van der Waals surface area contributed by atoms with E-state index in [1.54, 1.807) is 11.6 Å². The number of halogens is 2. The van der Waals surface area contributed by atoms with Crippen LogP contribution in [0.5, 0.6) is 0 Å². The van der Waals surface area contributed by atoms with Crippen molar-refractivity contribution in [3.05, 3.63) is 41.3 Å². The molecule has 1 aromatic heterocycles. The molecule has 0 atom stereocenters. The highest BCUT2D eigenvalue weighted by atomic mass is 32.2. The molecule has 8 nitrogen and oxygen atoms in total. The van der Waals surface area contributed by atoms with E-state index >= 15 is 0 Å². The molecule has 1 heterocycles. The van der Waals surface area contributed by atoms with E-state index in [0.717, 1.165) is 17.5 Å². The molecule has 26 heavy (non-hydrogen) atoms. The van der Waals surface area contributed by atoms with Crippen molar-refractivity contribution in [3.8, 4) is 0 Å². The van der Waals surface area contributed by atoms with Gasteiger partial charge in [0.2, 0.25) is 0 Å². The van der Waals surface area contributed by atoms with E-state index in [-0.39, 0.29) is 17.3 Å². The molecule has 142 valence electrons. The Morgan fingerprint density at radius 2 is 1.96 bits per heavy atom. The van der Waals surface area contributed by atoms with Crippen molar-refractivity contribution in [3.63, 3.8) is 0 Å². The van der Waals surface area contributed by atoms with Crippen molar-refractivity contribution in [2.45, 2.75) is 19.8 Å². The minimum atomic E-state index is -3.98. The Labute approximate surface area is 149 Å². The number of anilines is 2. The second-order valence-corrected chi connectivity index (χ2v) is 7.68. The van der Waals surface area contributed by atoms with Crippen LogP contribution in [0.15, 0.2) is 28.9 Å². The Hall–Kier alpha value is -2.53. The summed E-state index contributed by atoms with van der Waals surface area (Å²) in [5.74, 6) is -4.01. The zero-order valence-corrected chi connectivity index (χ0v) is 15.3. The first-order valence-corrected chi connectivity index (χ1v) is 8.80. The number of benzene rings is 1. The molecule has 0 spiro atoms. The van der Waals surface area contributed by atoms with Gasteiger partial charge in [-0.25, -0.2) is 13.5 Å². The summed E-state index contributed by atoms with van der Waals surface area (Å²) in [7, 11) is -1.47. The normalized spacial score (nSPS) is 12.3. The number of hydrogen-bond donors (Lipinski definition) is 2. The van der Waals surface area contributed by atoms with Crippen LogP contribution >= 0.6 is 0 Å². The first kappa shape index (κ1) is 19.8. The van der Waals surface area contributed by atoms with Crippen molar-refractivity contribution in [2.24, 2.45) is 0 Å². The van der Waals surface area contributed by atoms with Gasteiger partial charge in [-0.05, 0) is 18.6 Å². The smallest absolute Gasteiger partial charge is 0.303 e. The molecular formula is C15H18F2N4O4S. The fourth-order valence-corrected chi connectivity index (χ4v) is 2.36. The summed E-state index contributed by atoms with van der Waals surface area (Å²) in [6.07, 6.45) is 0.955. The Balaban J connectivity index is 2.20. The molecule has 2 rings (SSSR count). The average Bonchev–Trinajstić information content (AvgIpc) is 2.96. The number of nitrogens with zero attached hydrogens (tertiary/aromatic N) is 2. The molecule has 2 N–H and O–H groups in total. The lowest BCUT2D eigenvalue weighted by molar-refractivity contribution is 0.0175. The Morgan fingerprint density at radius 3 is 2.54 bits per heavy atom. The van der Waals surface area contributed by atoms with Gasteiger partial charge in [0.1, 0.15) is 6.26 Å². The number of hydrogen-bond acceptors (Lipinski definition) is 6. The standard InChI is InChI=1S/C15H18F2N4O4S/c1-9-5-6-10(15(2,16)17)7-11(9)18-14-19-12(8-25-14)13(22)20-26(23,24)21(3)4/h5-8H,1-4H3,(H,18,19)(H,20,22). The van der Waals surface area contributed by atoms with Gasteiger partial charge in [-0.1, -0.05) is 12.1 Å². The third-order valence-corrected chi connectivity index (χ3v) is 4.83. The summed E-state index contributed by atoms with van der Waals surface area (Å²) in [6.45, 7) is 2.47. The number of alkyl halides is 2. The van der Waals surface area contributed by atoms with Gasteiger partial charge in [-0.2, -0.15) is 17.7 Å². The van der Waals surface area contributed by atoms with E-state index in [4.69, 9.17) is 4.42 Å². The third-order valence-electron chi connectivity index (χ3n) is 3.43. The highest BCUT2D eigenvalue weighted by Gasteiger charge is 2.25. The fraction of sp³-hybridized carbons (Fsp3) is 0.333. The highest BCUT2D eigenvalue weighted by Crippen LogP contribution is 2.31. The first-order chi connectivity index (χ1) is 11.9. The molecule has 0 aliphatic rings. The van der Waals surface area contributed by atoms with Crippen LogP contribution in [0.25, 0.3) is 0 Å². The predicted octanol–water partition coefficient (Wildman–Crippen LogP) is 2.37. The van der Waals surface area contributed by atoms with Crippen LogP contribution in [0.1, 0.15) is 28.5 Å². The SMILES string of the molecule is Cc1ccc(C(C)(F)F)cc1Nc1nc(C(=O)NS(=O)(=O)N(C)C)co1. The van der Waals surface area contributed by atoms with Gasteiger partial charge >= 0.3 is 10.2 Å². The quantitative estimate of drug-likeness (QED) is 0.787. The molecule has 2 aromatic rings. The van der Waals surface area contributed by atoms with Gasteiger partial charge in [0.15, 0.2) is 5.69 Å². The maximum Gasteiger partial charge on any atom is 0.303 e. The van der Waals surface area contributed by atoms with Crippen LogP contribution in [0.4, 0.5) is 20.5 Å². The van der Waals surface area contributed by atoms with Crippen molar-refractivity contribution >= 4 is 27.8 Å². The Morgan fingerprint density at radius 1 is 1.31 bits per heavy atom. The summed E-state index contributed by atoms with van der Waals surface area (Å²) in [4.78, 5) is 15.7. The maximum absolute atomic E-state index is 13.5. The predicted molar refractivity (Wildman–Crippen MR) is 90.6 cm³/mol. The van der Waals surface area contributed by atoms with E-state index in [0.29, 0.717) is 11.3 Å². The van der Waals surface area contributed by atoms with Gasteiger partial charge in [-0.3, -0.25) is 4.79 Å². The molecular weight excluding hydrogens is 370 g/mol. The molecule has 0 aliphatic heterocycles. The van der Waals surface area contributed by atoms with E-state index in [1.165, 1.54) is 32.3 Å². The summed E-state index contributed by atoms with van der Waals surface area (Å²) in [6, 6.07) is 3.92. The number of carbonyl (C=O) groups is 1. The second kappa shape index (κ2) is 7.00. The topological polar surface area (TPSA) is 105 Å². The van der Waals surface area contributed by atoms with Crippen molar-refractivity contribution in [2.75, 3.05) is 19.4 Å². The molecule has 1 aromatic carbocycles. The van der Waals surface area contributed by atoms with Gasteiger partial charge in [-0.15, -0.1) is 0 Å². The van der Waals surface area contributed by atoms with Gasteiger partial charge < -0.3 is 9.73 Å². The Bertz CT molecular complexity index is 920. The van der Waals surface area contributed by atoms with Crippen LogP contribution in [0, 0.1) is 6.92 Å². The molecule has 11 heteroatoms. The molecule has 0 saturated carbocycles. The van der Waals surface area contributed by atoms with E-state index in [9.17, 15) is 22.0 Å². The van der Waals surface area contributed by atoms with Gasteiger partial charge in [0, 0.05) is 32.3 Å². The number of rotatable bonds is 6. The lowest BCUT2D eigenvalue weighted by atomic mass is 10.1. The number of aromatic nitrogens is 1. The van der Waals surface area contributed by atoms with Crippen LogP contribution in [0.2, 0.25) is 0 Å². The number of aryl methyl sites for hydroxylation is 1. The lowest BCUT2D eigenvalue weighted by Crippen LogP contribution is -2.39. The second-order valence-electron chi connectivity index (χ2n) is 5.80.